The Labute approximate surface area is 96.3 Å². The third-order valence-corrected chi connectivity index (χ3v) is 5.42. The van der Waals surface area contributed by atoms with Gasteiger partial charge >= 0.3 is 20.9 Å². The summed E-state index contributed by atoms with van der Waals surface area (Å²) in [4.78, 5) is 59.7. The van der Waals surface area contributed by atoms with E-state index in [1.165, 1.54) is 18.3 Å². The number of Topliss-reactive ketones (excluding diaryl/α,β-unsaturated/α-hetero) is 1. The zero-order valence-electron chi connectivity index (χ0n) is 8.28. The molecule has 0 fully saturated rings. The topological polar surface area (TPSA) is 148 Å². The van der Waals surface area contributed by atoms with E-state index in [0.717, 1.165) is 6.20 Å². The SMILES string of the molecule is O=C(c1cccnc1)C(P(=O)(O)O)[P+](O)(O)O. The third-order valence-electron chi connectivity index (χ3n) is 1.83. The summed E-state index contributed by atoms with van der Waals surface area (Å²) in [5, 5.41) is -2.57. The van der Waals surface area contributed by atoms with Gasteiger partial charge in [-0.05, 0) is 12.1 Å². The molecule has 1 atom stereocenters. The van der Waals surface area contributed by atoms with Crippen molar-refractivity contribution in [1.29, 1.82) is 0 Å². The van der Waals surface area contributed by atoms with Gasteiger partial charge in [-0.15, -0.1) is 0 Å². The Morgan fingerprint density at radius 3 is 2.29 bits per heavy atom. The number of hydrogen-bond acceptors (Lipinski definition) is 6. The van der Waals surface area contributed by atoms with Crippen molar-refractivity contribution >= 4 is 21.3 Å². The summed E-state index contributed by atoms with van der Waals surface area (Å²) in [5.41, 5.74) is -0.234. The lowest BCUT2D eigenvalue weighted by Crippen LogP contribution is -2.24. The fourth-order valence-corrected chi connectivity index (χ4v) is 3.70. The molecule has 0 aliphatic rings. The molecular formula is C7H10NO7P2+. The minimum absolute atomic E-state index is 0.234. The van der Waals surface area contributed by atoms with E-state index in [1.807, 2.05) is 0 Å². The van der Waals surface area contributed by atoms with Crippen molar-refractivity contribution in [2.75, 3.05) is 0 Å². The highest BCUT2D eigenvalue weighted by Gasteiger charge is 2.59. The van der Waals surface area contributed by atoms with Crippen LogP contribution in [0.25, 0.3) is 0 Å². The van der Waals surface area contributed by atoms with E-state index >= 15 is 0 Å². The summed E-state index contributed by atoms with van der Waals surface area (Å²) in [5.74, 6) is -1.27. The molecular weight excluding hydrogens is 272 g/mol. The number of pyridine rings is 1. The first-order chi connectivity index (χ1) is 7.64. The van der Waals surface area contributed by atoms with E-state index in [2.05, 4.69) is 4.98 Å². The van der Waals surface area contributed by atoms with Gasteiger partial charge in [-0.25, -0.2) is 0 Å². The van der Waals surface area contributed by atoms with Crippen LogP contribution in [0.1, 0.15) is 10.4 Å². The third kappa shape index (κ3) is 3.62. The molecule has 1 aromatic heterocycles. The van der Waals surface area contributed by atoms with E-state index in [0.29, 0.717) is 0 Å². The van der Waals surface area contributed by atoms with E-state index in [9.17, 15) is 9.36 Å². The number of hydrogen-bond donors (Lipinski definition) is 5. The lowest BCUT2D eigenvalue weighted by atomic mass is 10.2. The van der Waals surface area contributed by atoms with E-state index < -0.39 is 26.7 Å². The normalized spacial score (nSPS) is 14.4. The number of nitrogens with zero attached hydrogens (tertiary/aromatic N) is 1. The van der Waals surface area contributed by atoms with Crippen LogP contribution in [0.2, 0.25) is 0 Å². The maximum atomic E-state index is 11.7. The Bertz CT molecular complexity index is 451. The van der Waals surface area contributed by atoms with Crippen LogP contribution in [-0.4, -0.2) is 40.6 Å². The second-order valence-corrected chi connectivity index (χ2v) is 7.03. The van der Waals surface area contributed by atoms with Crippen molar-refractivity contribution in [1.82, 2.24) is 4.98 Å². The molecule has 5 N–H and O–H groups in total. The zero-order chi connectivity index (χ0) is 13.3. The molecule has 0 aliphatic heterocycles. The molecule has 94 valence electrons. The van der Waals surface area contributed by atoms with Gasteiger partial charge in [-0.1, -0.05) is 0 Å². The standard InChI is InChI=1S/C7H9NO7P2/c9-6(5-2-1-3-8-4-5)7(16(10,11)12)17(13,14)15/h1-4,7,10-12H,(H-,13,14,15)/p+1. The Morgan fingerprint density at radius 1 is 1.35 bits per heavy atom. The zero-order valence-corrected chi connectivity index (χ0v) is 10.1. The molecule has 10 heteroatoms. The maximum Gasteiger partial charge on any atom is 0.427 e. The van der Waals surface area contributed by atoms with Crippen LogP contribution in [-0.2, 0) is 4.57 Å². The Balaban J connectivity index is 3.19. The molecule has 17 heavy (non-hydrogen) atoms. The monoisotopic (exact) mass is 282 g/mol. The van der Waals surface area contributed by atoms with Crippen LogP contribution in [0, 0.1) is 0 Å². The first kappa shape index (κ1) is 14.3. The van der Waals surface area contributed by atoms with Gasteiger partial charge in [0, 0.05) is 18.0 Å². The number of ketones is 1. The fourth-order valence-electron chi connectivity index (χ4n) is 1.17. The van der Waals surface area contributed by atoms with Crippen LogP contribution in [0.4, 0.5) is 0 Å². The molecule has 1 heterocycles. The smallest absolute Gasteiger partial charge is 0.321 e. The molecule has 0 saturated heterocycles. The van der Waals surface area contributed by atoms with Crippen molar-refractivity contribution in [3.8, 4) is 0 Å². The van der Waals surface area contributed by atoms with Gasteiger partial charge in [0.1, 0.15) is 0 Å². The van der Waals surface area contributed by atoms with Crippen LogP contribution >= 0.6 is 15.5 Å². The molecule has 1 unspecified atom stereocenters. The highest BCUT2D eigenvalue weighted by molar-refractivity contribution is 7.76. The summed E-state index contributed by atoms with van der Waals surface area (Å²) >= 11 is 0. The van der Waals surface area contributed by atoms with Gasteiger partial charge in [0.25, 0.3) is 0 Å². The Hall–Kier alpha value is -0.720. The minimum atomic E-state index is -5.20. The van der Waals surface area contributed by atoms with Crippen LogP contribution in [0.3, 0.4) is 0 Å². The highest BCUT2D eigenvalue weighted by atomic mass is 31.3. The van der Waals surface area contributed by atoms with Crippen molar-refractivity contribution in [2.24, 2.45) is 0 Å². The summed E-state index contributed by atoms with van der Waals surface area (Å²) in [7, 11) is -10.2. The average Bonchev–Trinajstić information content (AvgIpc) is 2.14. The molecule has 0 bridgehead atoms. The molecule has 1 rings (SSSR count). The Kier molecular flexibility index (Phi) is 4.11. The number of carbonyl (C=O) groups excluding carboxylic acids is 1. The lowest BCUT2D eigenvalue weighted by molar-refractivity contribution is 0.0989. The molecule has 0 spiro atoms. The number of rotatable bonds is 4. The van der Waals surface area contributed by atoms with E-state index in [1.54, 1.807) is 0 Å². The van der Waals surface area contributed by atoms with Crippen molar-refractivity contribution < 1.29 is 33.8 Å². The largest absolute Gasteiger partial charge is 0.427 e. The second-order valence-electron chi connectivity index (χ2n) is 3.18. The molecule has 0 amide bonds. The molecule has 0 radical (unpaired) electrons. The lowest BCUT2D eigenvalue weighted by Gasteiger charge is -2.16. The van der Waals surface area contributed by atoms with E-state index in [-0.39, 0.29) is 5.56 Å². The van der Waals surface area contributed by atoms with Crippen LogP contribution in [0.5, 0.6) is 0 Å². The van der Waals surface area contributed by atoms with Gasteiger partial charge in [-0.2, -0.15) is 14.7 Å². The highest BCUT2D eigenvalue weighted by Crippen LogP contribution is 2.65. The molecule has 0 aliphatic carbocycles. The van der Waals surface area contributed by atoms with Gasteiger partial charge in [0.05, 0.1) is 0 Å². The van der Waals surface area contributed by atoms with Crippen molar-refractivity contribution in [3.05, 3.63) is 30.1 Å². The van der Waals surface area contributed by atoms with Crippen LogP contribution in [0.15, 0.2) is 24.5 Å². The van der Waals surface area contributed by atoms with Crippen molar-refractivity contribution in [2.45, 2.75) is 5.40 Å². The minimum Gasteiger partial charge on any atom is -0.321 e. The number of carbonyl (C=O) groups is 1. The summed E-state index contributed by atoms with van der Waals surface area (Å²) in [6, 6.07) is 2.52. The Morgan fingerprint density at radius 2 is 1.94 bits per heavy atom. The second kappa shape index (κ2) is 4.88. The summed E-state index contributed by atoms with van der Waals surface area (Å²) in [6.45, 7) is 0. The predicted octanol–water partition coefficient (Wildman–Crippen LogP) is -0.492. The van der Waals surface area contributed by atoms with Gasteiger partial charge < -0.3 is 9.79 Å². The quantitative estimate of drug-likeness (QED) is 0.367. The van der Waals surface area contributed by atoms with Gasteiger partial charge in [0.2, 0.25) is 5.78 Å². The molecule has 8 nitrogen and oxygen atoms in total. The van der Waals surface area contributed by atoms with E-state index in [4.69, 9.17) is 24.5 Å². The average molecular weight is 282 g/mol. The van der Waals surface area contributed by atoms with Crippen LogP contribution < -0.4 is 0 Å². The summed E-state index contributed by atoms with van der Waals surface area (Å²) in [6.07, 6.45) is 2.32. The first-order valence-corrected chi connectivity index (χ1v) is 7.60. The van der Waals surface area contributed by atoms with Gasteiger partial charge in [0.15, 0.2) is 0 Å². The maximum absolute atomic E-state index is 11.7. The molecule has 0 aromatic carbocycles. The van der Waals surface area contributed by atoms with Gasteiger partial charge in [-0.3, -0.25) is 14.3 Å². The molecule has 1 aromatic rings. The number of aromatic nitrogens is 1. The predicted molar refractivity (Wildman–Crippen MR) is 58.0 cm³/mol. The fraction of sp³-hybridized carbons (Fsp3) is 0.143. The molecule has 0 saturated carbocycles. The first-order valence-electron chi connectivity index (χ1n) is 4.20. The van der Waals surface area contributed by atoms with Crippen molar-refractivity contribution in [3.63, 3.8) is 0 Å². The summed E-state index contributed by atoms with van der Waals surface area (Å²) < 4.78 is 11.0.